The summed E-state index contributed by atoms with van der Waals surface area (Å²) < 4.78 is 13.2. The average Bonchev–Trinajstić information content (AvgIpc) is 3.15. The van der Waals surface area contributed by atoms with Crippen LogP contribution in [0.2, 0.25) is 5.02 Å². The summed E-state index contributed by atoms with van der Waals surface area (Å²) in [5.41, 5.74) is 2.30. The summed E-state index contributed by atoms with van der Waals surface area (Å²) in [4.78, 5) is 16.7. The molecule has 6 nitrogen and oxygen atoms in total. The molecule has 0 spiro atoms. The Hall–Kier alpha value is -3.51. The van der Waals surface area contributed by atoms with Gasteiger partial charge >= 0.3 is 0 Å². The predicted octanol–water partition coefficient (Wildman–Crippen LogP) is 4.58. The molecule has 0 saturated carbocycles. The molecule has 0 radical (unpaired) electrons. The maximum atomic E-state index is 12.2. The molecule has 7 heteroatoms. The molecule has 29 heavy (non-hydrogen) atoms. The van der Waals surface area contributed by atoms with Crippen LogP contribution in [0.1, 0.15) is 5.69 Å². The van der Waals surface area contributed by atoms with Crippen LogP contribution in [-0.2, 0) is 11.4 Å². The van der Waals surface area contributed by atoms with Crippen molar-refractivity contribution in [3.05, 3.63) is 89.8 Å². The Labute approximate surface area is 172 Å². The van der Waals surface area contributed by atoms with E-state index in [4.69, 9.17) is 21.1 Å². The number of imidazole rings is 1. The van der Waals surface area contributed by atoms with E-state index < -0.39 is 0 Å². The van der Waals surface area contributed by atoms with Gasteiger partial charge in [-0.3, -0.25) is 4.79 Å². The number of nitrogens with zero attached hydrogens (tertiary/aromatic N) is 2. The molecule has 0 aliphatic carbocycles. The number of ether oxygens (including phenoxy) is 2. The van der Waals surface area contributed by atoms with Crippen molar-refractivity contribution >= 4 is 28.8 Å². The molecular weight excluding hydrogens is 390 g/mol. The van der Waals surface area contributed by atoms with Crippen molar-refractivity contribution in [1.82, 2.24) is 9.38 Å². The van der Waals surface area contributed by atoms with Crippen LogP contribution in [0.3, 0.4) is 0 Å². The van der Waals surface area contributed by atoms with Gasteiger partial charge in [0, 0.05) is 24.1 Å². The smallest absolute Gasteiger partial charge is 0.262 e. The highest BCUT2D eigenvalue weighted by atomic mass is 35.5. The number of halogens is 1. The molecule has 0 bridgehead atoms. The zero-order valence-electron chi connectivity index (χ0n) is 15.4. The van der Waals surface area contributed by atoms with Crippen LogP contribution < -0.4 is 14.8 Å². The van der Waals surface area contributed by atoms with Crippen LogP contribution in [0, 0.1) is 0 Å². The third kappa shape index (κ3) is 4.86. The van der Waals surface area contributed by atoms with Crippen LogP contribution in [0.25, 0.3) is 5.65 Å². The van der Waals surface area contributed by atoms with Crippen LogP contribution >= 0.6 is 11.6 Å². The van der Waals surface area contributed by atoms with Gasteiger partial charge in [0.1, 0.15) is 23.8 Å². The normalized spacial score (nSPS) is 10.7. The summed E-state index contributed by atoms with van der Waals surface area (Å²) in [6.07, 6.45) is 3.86. The maximum Gasteiger partial charge on any atom is 0.262 e. The van der Waals surface area contributed by atoms with E-state index in [-0.39, 0.29) is 12.5 Å². The number of para-hydroxylation sites is 1. The number of hydrogen-bond acceptors (Lipinski definition) is 4. The van der Waals surface area contributed by atoms with Gasteiger partial charge in [-0.1, -0.05) is 35.9 Å². The number of benzene rings is 2. The first-order chi connectivity index (χ1) is 14.2. The summed E-state index contributed by atoms with van der Waals surface area (Å²) in [6, 6.07) is 20.0. The minimum atomic E-state index is -0.289. The fourth-order valence-corrected chi connectivity index (χ4v) is 2.97. The van der Waals surface area contributed by atoms with Gasteiger partial charge in [-0.15, -0.1) is 0 Å². The molecule has 0 aliphatic rings. The monoisotopic (exact) mass is 407 g/mol. The molecule has 2 aromatic carbocycles. The Morgan fingerprint density at radius 2 is 1.90 bits per heavy atom. The lowest BCUT2D eigenvalue weighted by atomic mass is 10.3. The van der Waals surface area contributed by atoms with Gasteiger partial charge in [0.15, 0.2) is 6.61 Å². The molecule has 4 aromatic rings. The number of aromatic nitrogens is 2. The molecule has 1 N–H and O–H groups in total. The minimum absolute atomic E-state index is 0.143. The van der Waals surface area contributed by atoms with Gasteiger partial charge in [-0.2, -0.15) is 0 Å². The lowest BCUT2D eigenvalue weighted by Gasteiger charge is -2.10. The van der Waals surface area contributed by atoms with E-state index in [0.29, 0.717) is 28.8 Å². The summed E-state index contributed by atoms with van der Waals surface area (Å²) >= 11 is 6.02. The van der Waals surface area contributed by atoms with E-state index in [0.717, 1.165) is 11.3 Å². The first-order valence-electron chi connectivity index (χ1n) is 9.00. The molecule has 2 heterocycles. The Morgan fingerprint density at radius 1 is 1.03 bits per heavy atom. The molecule has 0 unspecified atom stereocenters. The van der Waals surface area contributed by atoms with E-state index >= 15 is 0 Å². The highest BCUT2D eigenvalue weighted by Gasteiger charge is 2.07. The predicted molar refractivity (Wildman–Crippen MR) is 112 cm³/mol. The second kappa shape index (κ2) is 8.67. The summed E-state index contributed by atoms with van der Waals surface area (Å²) in [5.74, 6) is 0.808. The van der Waals surface area contributed by atoms with E-state index in [1.165, 1.54) is 0 Å². The van der Waals surface area contributed by atoms with Crippen LogP contribution in [0.15, 0.2) is 79.1 Å². The second-order valence-corrected chi connectivity index (χ2v) is 6.69. The largest absolute Gasteiger partial charge is 0.487 e. The maximum absolute atomic E-state index is 12.2. The van der Waals surface area contributed by atoms with Gasteiger partial charge in [0.05, 0.1) is 10.7 Å². The van der Waals surface area contributed by atoms with Gasteiger partial charge in [-0.05, 0) is 36.4 Å². The van der Waals surface area contributed by atoms with Crippen molar-refractivity contribution in [1.29, 1.82) is 0 Å². The van der Waals surface area contributed by atoms with Crippen molar-refractivity contribution in [2.75, 3.05) is 11.9 Å². The summed E-state index contributed by atoms with van der Waals surface area (Å²) in [6.45, 7) is 0.185. The lowest BCUT2D eigenvalue weighted by Crippen LogP contribution is -2.20. The van der Waals surface area contributed by atoms with Gasteiger partial charge < -0.3 is 19.2 Å². The minimum Gasteiger partial charge on any atom is -0.487 e. The number of hydrogen-bond donors (Lipinski definition) is 1. The van der Waals surface area contributed by atoms with Gasteiger partial charge in [-0.25, -0.2) is 4.98 Å². The SMILES string of the molecule is O=C(COc1ccccc1Cl)Nc1cccc(OCc2cn3ccccc3n2)c1. The first kappa shape index (κ1) is 18.8. The van der Waals surface area contributed by atoms with Gasteiger partial charge in [0.25, 0.3) is 5.91 Å². The average molecular weight is 408 g/mol. The number of amides is 1. The standard InChI is InChI=1S/C22H18ClN3O3/c23-19-8-1-2-9-20(19)29-15-22(27)25-16-6-5-7-18(12-16)28-14-17-13-26-11-4-3-10-21(26)24-17/h1-13H,14-15H2,(H,25,27). The molecule has 0 atom stereocenters. The zero-order valence-corrected chi connectivity index (χ0v) is 16.2. The summed E-state index contributed by atoms with van der Waals surface area (Å²) in [7, 11) is 0. The highest BCUT2D eigenvalue weighted by molar-refractivity contribution is 6.32. The Morgan fingerprint density at radius 3 is 2.76 bits per heavy atom. The fourth-order valence-electron chi connectivity index (χ4n) is 2.78. The number of fused-ring (bicyclic) bond motifs is 1. The Kier molecular flexibility index (Phi) is 5.63. The van der Waals surface area contributed by atoms with Crippen molar-refractivity contribution in [3.8, 4) is 11.5 Å². The molecule has 1 amide bonds. The zero-order chi connectivity index (χ0) is 20.1. The van der Waals surface area contributed by atoms with Crippen LogP contribution in [0.5, 0.6) is 11.5 Å². The van der Waals surface area contributed by atoms with E-state index in [9.17, 15) is 4.79 Å². The molecule has 0 saturated heterocycles. The topological polar surface area (TPSA) is 64.9 Å². The molecule has 2 aromatic heterocycles. The van der Waals surface area contributed by atoms with Crippen molar-refractivity contribution in [3.63, 3.8) is 0 Å². The molecule has 146 valence electrons. The Balaban J connectivity index is 1.33. The van der Waals surface area contributed by atoms with Crippen LogP contribution in [-0.4, -0.2) is 21.9 Å². The molecule has 0 fully saturated rings. The van der Waals surface area contributed by atoms with Crippen molar-refractivity contribution < 1.29 is 14.3 Å². The van der Waals surface area contributed by atoms with E-state index in [2.05, 4.69) is 10.3 Å². The number of rotatable bonds is 7. The van der Waals surface area contributed by atoms with Gasteiger partial charge in [0.2, 0.25) is 0 Å². The molecule has 0 aliphatic heterocycles. The lowest BCUT2D eigenvalue weighted by molar-refractivity contribution is -0.118. The third-order valence-electron chi connectivity index (χ3n) is 4.11. The highest BCUT2D eigenvalue weighted by Crippen LogP contribution is 2.23. The first-order valence-corrected chi connectivity index (χ1v) is 9.38. The van der Waals surface area contributed by atoms with E-state index in [1.54, 1.807) is 36.4 Å². The van der Waals surface area contributed by atoms with Crippen LogP contribution in [0.4, 0.5) is 5.69 Å². The fraction of sp³-hybridized carbons (Fsp3) is 0.0909. The van der Waals surface area contributed by atoms with E-state index in [1.807, 2.05) is 47.1 Å². The second-order valence-electron chi connectivity index (χ2n) is 6.28. The molecule has 4 rings (SSSR count). The summed E-state index contributed by atoms with van der Waals surface area (Å²) in [5, 5.41) is 3.25. The number of anilines is 1. The third-order valence-corrected chi connectivity index (χ3v) is 4.43. The Bertz CT molecular complexity index is 1110. The molecular formula is C22H18ClN3O3. The number of nitrogens with one attached hydrogen (secondary N) is 1. The van der Waals surface area contributed by atoms with Crippen molar-refractivity contribution in [2.45, 2.75) is 6.61 Å². The number of carbonyl (C=O) groups excluding carboxylic acids is 1. The quantitative estimate of drug-likeness (QED) is 0.487. The number of carbonyl (C=O) groups is 1. The van der Waals surface area contributed by atoms with Crippen molar-refractivity contribution in [2.24, 2.45) is 0 Å². The number of pyridine rings is 1.